The van der Waals surface area contributed by atoms with Crippen molar-refractivity contribution in [2.45, 2.75) is 76.5 Å². The molecule has 0 heterocycles. The van der Waals surface area contributed by atoms with Crippen LogP contribution in [0, 0.1) is 30.4 Å². The van der Waals surface area contributed by atoms with Crippen LogP contribution in [0.5, 0.6) is 5.75 Å². The molecule has 206 valence electrons. The third-order valence-corrected chi connectivity index (χ3v) is 8.23. The first-order chi connectivity index (χ1) is 18.0. The van der Waals surface area contributed by atoms with Gasteiger partial charge < -0.3 is 4.74 Å². The molecule has 2 aliphatic rings. The van der Waals surface area contributed by atoms with E-state index in [0.29, 0.717) is 23.0 Å². The molecule has 2 saturated carbocycles. The van der Waals surface area contributed by atoms with Crippen LogP contribution in [0.15, 0.2) is 48.8 Å². The van der Waals surface area contributed by atoms with Crippen LogP contribution in [0.4, 0.5) is 30.7 Å². The van der Waals surface area contributed by atoms with Crippen LogP contribution >= 0.6 is 0 Å². The Morgan fingerprint density at radius 3 is 1.92 bits per heavy atom. The fraction of sp³-hybridized carbons (Fsp3) is 0.467. The summed E-state index contributed by atoms with van der Waals surface area (Å²) in [5, 5.41) is 0. The zero-order valence-electron chi connectivity index (χ0n) is 21.2. The molecule has 2 aliphatic carbocycles. The van der Waals surface area contributed by atoms with Gasteiger partial charge in [0, 0.05) is 5.56 Å². The van der Waals surface area contributed by atoms with Gasteiger partial charge in [0.1, 0.15) is 5.82 Å². The molecule has 0 bridgehead atoms. The molecular weight excluding hydrogens is 509 g/mol. The molecule has 2 aromatic rings. The summed E-state index contributed by atoms with van der Waals surface area (Å²) in [4.78, 5) is 0. The molecule has 2 fully saturated rings. The van der Waals surface area contributed by atoms with Gasteiger partial charge in [-0.1, -0.05) is 24.8 Å². The van der Waals surface area contributed by atoms with Crippen molar-refractivity contribution in [2.24, 2.45) is 11.8 Å². The summed E-state index contributed by atoms with van der Waals surface area (Å²) in [6.07, 6.45) is 2.87. The standard InChI is InChI=1S/C30H31F7O/c1-3-25(31)28(34)22-12-13-24(26(32)15-22)21-10-8-19(9-11-21)18-4-6-20(7-5-18)23-14-17(2)29(27(33)16-23)38-30(35,36)37/h3,12-16,18-21H,1,4-11H2,2H3. The maximum absolute atomic E-state index is 14.8. The zero-order chi connectivity index (χ0) is 27.6. The fourth-order valence-electron chi connectivity index (χ4n) is 6.29. The maximum atomic E-state index is 14.8. The van der Waals surface area contributed by atoms with Crippen molar-refractivity contribution < 1.29 is 35.5 Å². The van der Waals surface area contributed by atoms with Crippen LogP contribution < -0.4 is 4.74 Å². The Morgan fingerprint density at radius 1 is 0.842 bits per heavy atom. The topological polar surface area (TPSA) is 9.23 Å². The first-order valence-electron chi connectivity index (χ1n) is 13.0. The maximum Gasteiger partial charge on any atom is 0.573 e. The quantitative estimate of drug-likeness (QED) is 0.262. The third-order valence-electron chi connectivity index (χ3n) is 8.23. The summed E-state index contributed by atoms with van der Waals surface area (Å²) < 4.78 is 98.1. The number of halogens is 7. The Hall–Kier alpha value is -2.77. The van der Waals surface area contributed by atoms with E-state index in [-0.39, 0.29) is 23.0 Å². The van der Waals surface area contributed by atoms with Crippen molar-refractivity contribution in [3.8, 4) is 5.75 Å². The summed E-state index contributed by atoms with van der Waals surface area (Å²) in [6.45, 7) is 4.60. The van der Waals surface area contributed by atoms with E-state index in [1.54, 1.807) is 12.1 Å². The Labute approximate surface area is 218 Å². The summed E-state index contributed by atoms with van der Waals surface area (Å²) in [5.74, 6) is -3.45. The van der Waals surface area contributed by atoms with E-state index in [2.05, 4.69) is 11.3 Å². The number of hydrogen-bond donors (Lipinski definition) is 0. The van der Waals surface area contributed by atoms with Crippen LogP contribution in [0.3, 0.4) is 0 Å². The number of hydrogen-bond acceptors (Lipinski definition) is 1. The highest BCUT2D eigenvalue weighted by Crippen LogP contribution is 2.47. The predicted octanol–water partition coefficient (Wildman–Crippen LogP) is 10.2. The molecule has 0 aliphatic heterocycles. The summed E-state index contributed by atoms with van der Waals surface area (Å²) in [7, 11) is 0. The molecule has 2 aromatic carbocycles. The van der Waals surface area contributed by atoms with Gasteiger partial charge in [0.05, 0.1) is 0 Å². The first-order valence-corrected chi connectivity index (χ1v) is 13.0. The molecule has 1 nitrogen and oxygen atoms in total. The van der Waals surface area contributed by atoms with Gasteiger partial charge in [0.15, 0.2) is 23.2 Å². The van der Waals surface area contributed by atoms with Gasteiger partial charge in [-0.3, -0.25) is 0 Å². The Kier molecular flexibility index (Phi) is 8.58. The molecule has 0 saturated heterocycles. The summed E-state index contributed by atoms with van der Waals surface area (Å²) in [5.41, 5.74) is 1.21. The average molecular weight is 541 g/mol. The number of rotatable bonds is 6. The van der Waals surface area contributed by atoms with Gasteiger partial charge in [-0.15, -0.1) is 13.2 Å². The van der Waals surface area contributed by atoms with Gasteiger partial charge in [-0.2, -0.15) is 0 Å². The Bertz CT molecular complexity index is 1160. The number of benzene rings is 2. The average Bonchev–Trinajstić information content (AvgIpc) is 2.89. The lowest BCUT2D eigenvalue weighted by Gasteiger charge is -2.38. The van der Waals surface area contributed by atoms with Gasteiger partial charge in [0.2, 0.25) is 0 Å². The lowest BCUT2D eigenvalue weighted by atomic mass is 9.67. The zero-order valence-corrected chi connectivity index (χ0v) is 21.2. The largest absolute Gasteiger partial charge is 0.573 e. The molecule has 0 aromatic heterocycles. The number of ether oxygens (including phenoxy) is 1. The molecule has 4 rings (SSSR count). The van der Waals surface area contributed by atoms with Crippen LogP contribution in [-0.4, -0.2) is 6.36 Å². The minimum Gasteiger partial charge on any atom is -0.402 e. The fourth-order valence-corrected chi connectivity index (χ4v) is 6.29. The second-order valence-corrected chi connectivity index (χ2v) is 10.5. The smallest absolute Gasteiger partial charge is 0.402 e. The molecule has 0 N–H and O–H groups in total. The first kappa shape index (κ1) is 28.2. The lowest BCUT2D eigenvalue weighted by Crippen LogP contribution is -2.25. The van der Waals surface area contributed by atoms with Gasteiger partial charge >= 0.3 is 6.36 Å². The molecule has 0 radical (unpaired) electrons. The van der Waals surface area contributed by atoms with Crippen LogP contribution in [0.2, 0.25) is 0 Å². The van der Waals surface area contributed by atoms with Gasteiger partial charge in [0.25, 0.3) is 0 Å². The second-order valence-electron chi connectivity index (χ2n) is 10.5. The lowest BCUT2D eigenvalue weighted by molar-refractivity contribution is -0.275. The van der Waals surface area contributed by atoms with Crippen molar-refractivity contribution in [3.05, 3.63) is 82.7 Å². The van der Waals surface area contributed by atoms with Gasteiger partial charge in [-0.25, -0.2) is 17.6 Å². The highest BCUT2D eigenvalue weighted by Gasteiger charge is 2.35. The molecule has 38 heavy (non-hydrogen) atoms. The normalized spacial score (nSPS) is 25.1. The predicted molar refractivity (Wildman–Crippen MR) is 133 cm³/mol. The van der Waals surface area contributed by atoms with Gasteiger partial charge in [-0.05, 0) is 117 Å². The van der Waals surface area contributed by atoms with Crippen molar-refractivity contribution in [1.82, 2.24) is 0 Å². The Balaban J connectivity index is 1.32. The van der Waals surface area contributed by atoms with E-state index < -0.39 is 35.4 Å². The molecule has 0 amide bonds. The highest BCUT2D eigenvalue weighted by atomic mass is 19.4. The van der Waals surface area contributed by atoms with E-state index in [1.165, 1.54) is 13.0 Å². The van der Waals surface area contributed by atoms with Crippen LogP contribution in [0.1, 0.15) is 85.5 Å². The van der Waals surface area contributed by atoms with Crippen LogP contribution in [-0.2, 0) is 0 Å². The molecule has 0 spiro atoms. The molecule has 0 atom stereocenters. The minimum absolute atomic E-state index is 0.0244. The molecule has 8 heteroatoms. The summed E-state index contributed by atoms with van der Waals surface area (Å²) >= 11 is 0. The monoisotopic (exact) mass is 540 g/mol. The minimum atomic E-state index is -4.94. The third kappa shape index (κ3) is 6.44. The SMILES string of the molecule is C=CC(F)=C(F)c1ccc(C2CCC(C3CCC(c4cc(C)c(OC(F)(F)F)c(F)c4)CC3)CC2)c(F)c1. The second kappa shape index (κ2) is 11.5. The van der Waals surface area contributed by atoms with Crippen molar-refractivity contribution >= 4 is 5.83 Å². The van der Waals surface area contributed by atoms with E-state index >= 15 is 0 Å². The number of allylic oxidation sites excluding steroid dienone is 2. The van der Waals surface area contributed by atoms with E-state index in [1.807, 2.05) is 0 Å². The van der Waals surface area contributed by atoms with Crippen molar-refractivity contribution in [3.63, 3.8) is 0 Å². The number of aryl methyl sites for hydroxylation is 1. The van der Waals surface area contributed by atoms with E-state index in [9.17, 15) is 30.7 Å². The highest BCUT2D eigenvalue weighted by molar-refractivity contribution is 5.63. The molecule has 0 unspecified atom stereocenters. The van der Waals surface area contributed by atoms with E-state index in [0.717, 1.165) is 69.6 Å². The number of alkyl halides is 3. The van der Waals surface area contributed by atoms with Crippen molar-refractivity contribution in [2.75, 3.05) is 0 Å². The Morgan fingerprint density at radius 2 is 1.42 bits per heavy atom. The summed E-state index contributed by atoms with van der Waals surface area (Å²) in [6, 6.07) is 6.73. The van der Waals surface area contributed by atoms with E-state index in [4.69, 9.17) is 0 Å². The van der Waals surface area contributed by atoms with Crippen molar-refractivity contribution in [1.29, 1.82) is 0 Å². The van der Waals surface area contributed by atoms with Crippen LogP contribution in [0.25, 0.3) is 5.83 Å². The molecular formula is C30H31F7O.